The lowest BCUT2D eigenvalue weighted by molar-refractivity contribution is 0.0846. The molecule has 0 aliphatic heterocycles. The Morgan fingerprint density at radius 3 is 1.94 bits per heavy atom. The van der Waals surface area contributed by atoms with Gasteiger partial charge in [0.25, 0.3) is 0 Å². The Morgan fingerprint density at radius 1 is 0.875 bits per heavy atom. The zero-order valence-electron chi connectivity index (χ0n) is 10.8. The smallest absolute Gasteiger partial charge is 0.0433 e. The fourth-order valence-electron chi connectivity index (χ4n) is 4.20. The predicted octanol–water partition coefficient (Wildman–Crippen LogP) is 4.00. The molecule has 94 valence electrons. The van der Waals surface area contributed by atoms with Gasteiger partial charge in [-0.3, -0.25) is 0 Å². The first kappa shape index (κ1) is 12.4. The van der Waals surface area contributed by atoms with Crippen LogP contribution in [0.2, 0.25) is 0 Å². The van der Waals surface area contributed by atoms with Gasteiger partial charge in [0.05, 0.1) is 0 Å². The van der Waals surface area contributed by atoms with Gasteiger partial charge in [-0.25, -0.2) is 0 Å². The molecule has 0 radical (unpaired) electrons. The molecule has 1 heteroatoms. The van der Waals surface area contributed by atoms with Crippen molar-refractivity contribution in [2.75, 3.05) is 6.61 Å². The van der Waals surface area contributed by atoms with Gasteiger partial charge in [-0.15, -0.1) is 0 Å². The van der Waals surface area contributed by atoms with E-state index < -0.39 is 0 Å². The van der Waals surface area contributed by atoms with Crippen molar-refractivity contribution in [2.45, 2.75) is 64.7 Å². The Bertz CT molecular complexity index is 180. The highest BCUT2D eigenvalue weighted by Gasteiger charge is 2.34. The quantitative estimate of drug-likeness (QED) is 0.765. The molecule has 2 rings (SSSR count). The minimum Gasteiger partial charge on any atom is -0.396 e. The van der Waals surface area contributed by atoms with E-state index in [2.05, 4.69) is 6.92 Å². The zero-order valence-corrected chi connectivity index (χ0v) is 10.8. The average Bonchev–Trinajstić information content (AvgIpc) is 2.30. The van der Waals surface area contributed by atoms with Gasteiger partial charge >= 0.3 is 0 Å². The van der Waals surface area contributed by atoms with Crippen LogP contribution in [0.1, 0.15) is 64.7 Å². The van der Waals surface area contributed by atoms with Crippen LogP contribution in [-0.2, 0) is 0 Å². The Balaban J connectivity index is 1.80. The van der Waals surface area contributed by atoms with Gasteiger partial charge in [-0.2, -0.15) is 0 Å². The van der Waals surface area contributed by atoms with Crippen LogP contribution in [0.25, 0.3) is 0 Å². The lowest BCUT2D eigenvalue weighted by atomic mass is 9.64. The van der Waals surface area contributed by atoms with E-state index >= 15 is 0 Å². The van der Waals surface area contributed by atoms with Crippen molar-refractivity contribution < 1.29 is 5.11 Å². The first-order valence-corrected chi connectivity index (χ1v) is 7.44. The summed E-state index contributed by atoms with van der Waals surface area (Å²) in [4.78, 5) is 0. The summed E-state index contributed by atoms with van der Waals surface area (Å²) < 4.78 is 0. The lowest BCUT2D eigenvalue weighted by Gasteiger charge is -2.42. The molecule has 0 aromatic heterocycles. The summed E-state index contributed by atoms with van der Waals surface area (Å²) >= 11 is 0. The zero-order chi connectivity index (χ0) is 11.4. The first-order chi connectivity index (χ1) is 7.83. The number of rotatable bonds is 4. The van der Waals surface area contributed by atoms with Crippen molar-refractivity contribution in [1.82, 2.24) is 0 Å². The predicted molar refractivity (Wildman–Crippen MR) is 68.3 cm³/mol. The number of aliphatic hydroxyl groups is 1. The maximum Gasteiger partial charge on any atom is 0.0433 e. The van der Waals surface area contributed by atoms with Gasteiger partial charge in [0.2, 0.25) is 0 Å². The second-order valence-electron chi connectivity index (χ2n) is 6.18. The van der Waals surface area contributed by atoms with Crippen LogP contribution in [0.4, 0.5) is 0 Å². The molecule has 2 aliphatic carbocycles. The average molecular weight is 224 g/mol. The summed E-state index contributed by atoms with van der Waals surface area (Å²) in [5.74, 6) is 3.94. The largest absolute Gasteiger partial charge is 0.396 e. The number of hydrogen-bond donors (Lipinski definition) is 1. The van der Waals surface area contributed by atoms with Crippen molar-refractivity contribution in [1.29, 1.82) is 0 Å². The molecule has 4 atom stereocenters. The third kappa shape index (κ3) is 3.00. The molecule has 0 heterocycles. The molecule has 1 nitrogen and oxygen atoms in total. The molecule has 0 saturated heterocycles. The lowest BCUT2D eigenvalue weighted by Crippen LogP contribution is -2.31. The Kier molecular flexibility index (Phi) is 4.69. The minimum atomic E-state index is 0.403. The van der Waals surface area contributed by atoms with Crippen LogP contribution >= 0.6 is 0 Å². The van der Waals surface area contributed by atoms with Crippen molar-refractivity contribution >= 4 is 0 Å². The maximum atomic E-state index is 9.03. The minimum absolute atomic E-state index is 0.403. The molecular formula is C15H28O. The van der Waals surface area contributed by atoms with Gasteiger partial charge in [0, 0.05) is 6.61 Å². The number of aliphatic hydroxyl groups excluding tert-OH is 1. The topological polar surface area (TPSA) is 20.2 Å². The molecule has 0 aromatic carbocycles. The van der Waals surface area contributed by atoms with E-state index in [1.165, 1.54) is 51.4 Å². The second kappa shape index (κ2) is 6.05. The molecule has 0 amide bonds. The van der Waals surface area contributed by atoms with Crippen LogP contribution in [0.3, 0.4) is 0 Å². The second-order valence-corrected chi connectivity index (χ2v) is 6.18. The van der Waals surface area contributed by atoms with Gasteiger partial charge < -0.3 is 5.11 Å². The maximum absolute atomic E-state index is 9.03. The van der Waals surface area contributed by atoms with Crippen molar-refractivity contribution in [3.63, 3.8) is 0 Å². The van der Waals surface area contributed by atoms with Crippen molar-refractivity contribution in [3.8, 4) is 0 Å². The van der Waals surface area contributed by atoms with Crippen molar-refractivity contribution in [3.05, 3.63) is 0 Å². The molecule has 1 N–H and O–H groups in total. The Labute approximate surface area is 101 Å². The van der Waals surface area contributed by atoms with Crippen LogP contribution in [0.5, 0.6) is 0 Å². The van der Waals surface area contributed by atoms with Gasteiger partial charge in [0.15, 0.2) is 0 Å². The molecule has 2 fully saturated rings. The fourth-order valence-corrected chi connectivity index (χ4v) is 4.20. The molecule has 0 spiro atoms. The van der Waals surface area contributed by atoms with Gasteiger partial charge in [-0.1, -0.05) is 32.6 Å². The summed E-state index contributed by atoms with van der Waals surface area (Å²) in [7, 11) is 0. The molecule has 2 aliphatic rings. The third-order valence-electron chi connectivity index (χ3n) is 5.06. The van der Waals surface area contributed by atoms with Crippen LogP contribution < -0.4 is 0 Å². The monoisotopic (exact) mass is 224 g/mol. The Hall–Kier alpha value is -0.0400. The normalized spacial score (nSPS) is 39.4. The van der Waals surface area contributed by atoms with Crippen LogP contribution in [0.15, 0.2) is 0 Å². The van der Waals surface area contributed by atoms with E-state index in [4.69, 9.17) is 5.11 Å². The van der Waals surface area contributed by atoms with Crippen LogP contribution in [-0.4, -0.2) is 11.7 Å². The first-order valence-electron chi connectivity index (χ1n) is 7.44. The summed E-state index contributed by atoms with van der Waals surface area (Å²) in [5, 5.41) is 9.03. The number of fused-ring (bicyclic) bond motifs is 1. The summed E-state index contributed by atoms with van der Waals surface area (Å²) in [6.45, 7) is 2.73. The highest BCUT2D eigenvalue weighted by atomic mass is 16.3. The highest BCUT2D eigenvalue weighted by molar-refractivity contribution is 4.85. The van der Waals surface area contributed by atoms with Gasteiger partial charge in [-0.05, 0) is 55.8 Å². The third-order valence-corrected chi connectivity index (χ3v) is 5.06. The van der Waals surface area contributed by atoms with E-state index in [0.29, 0.717) is 6.61 Å². The molecule has 2 saturated carbocycles. The van der Waals surface area contributed by atoms with E-state index in [9.17, 15) is 0 Å². The van der Waals surface area contributed by atoms with E-state index in [0.717, 1.165) is 30.1 Å². The van der Waals surface area contributed by atoms with Crippen molar-refractivity contribution in [2.24, 2.45) is 23.7 Å². The van der Waals surface area contributed by atoms with Crippen LogP contribution in [0, 0.1) is 23.7 Å². The summed E-state index contributed by atoms with van der Waals surface area (Å²) in [5.41, 5.74) is 0. The molecule has 0 bridgehead atoms. The standard InChI is InChI=1S/C15H28O/c1-2-3-12-4-6-15-11-13(8-9-16)5-7-14(15)10-12/h12-16H,2-11H2,1H3. The SMILES string of the molecule is CCCC1CCC2CC(CCO)CCC2C1. The number of hydrogen-bond acceptors (Lipinski definition) is 1. The highest BCUT2D eigenvalue weighted by Crippen LogP contribution is 2.46. The van der Waals surface area contributed by atoms with Gasteiger partial charge in [0.1, 0.15) is 0 Å². The molecule has 16 heavy (non-hydrogen) atoms. The van der Waals surface area contributed by atoms with E-state index in [1.54, 1.807) is 0 Å². The Morgan fingerprint density at radius 2 is 1.44 bits per heavy atom. The molecule has 0 aromatic rings. The summed E-state index contributed by atoms with van der Waals surface area (Å²) in [6, 6.07) is 0. The summed E-state index contributed by atoms with van der Waals surface area (Å²) in [6.07, 6.45) is 12.6. The molecular weight excluding hydrogens is 196 g/mol. The van der Waals surface area contributed by atoms with E-state index in [1.807, 2.05) is 0 Å². The molecule has 4 unspecified atom stereocenters. The fraction of sp³-hybridized carbons (Fsp3) is 1.00. The van der Waals surface area contributed by atoms with E-state index in [-0.39, 0.29) is 0 Å².